The van der Waals surface area contributed by atoms with E-state index in [1.54, 1.807) is 30.0 Å². The SMILES string of the molecule is CC(C)Sc1ccc2c3c(cccc13)C(=O)N(OSC(F)(F)F)C2=O. The van der Waals surface area contributed by atoms with Gasteiger partial charge in [-0.1, -0.05) is 26.0 Å². The van der Waals surface area contributed by atoms with Crippen LogP contribution in [0.5, 0.6) is 0 Å². The largest absolute Gasteiger partial charge is 0.470 e. The fraction of sp³-hybridized carbons (Fsp3) is 0.250. The Balaban J connectivity index is 2.09. The number of imide groups is 1. The number of amides is 2. The van der Waals surface area contributed by atoms with Crippen LogP contribution in [0.1, 0.15) is 34.6 Å². The van der Waals surface area contributed by atoms with E-state index >= 15 is 0 Å². The molecule has 0 bridgehead atoms. The molecular weight excluding hydrogens is 375 g/mol. The Morgan fingerprint density at radius 3 is 2.28 bits per heavy atom. The van der Waals surface area contributed by atoms with Crippen LogP contribution >= 0.6 is 23.8 Å². The van der Waals surface area contributed by atoms with Gasteiger partial charge in [0.05, 0.1) is 11.1 Å². The Hall–Kier alpha value is -1.71. The van der Waals surface area contributed by atoms with E-state index in [2.05, 4.69) is 4.28 Å². The van der Waals surface area contributed by atoms with Crippen molar-refractivity contribution in [3.63, 3.8) is 0 Å². The molecule has 0 saturated heterocycles. The average molecular weight is 387 g/mol. The summed E-state index contributed by atoms with van der Waals surface area (Å²) in [6.45, 7) is 4.03. The van der Waals surface area contributed by atoms with E-state index < -0.39 is 29.4 Å². The van der Waals surface area contributed by atoms with E-state index in [-0.39, 0.29) is 21.4 Å². The van der Waals surface area contributed by atoms with Crippen molar-refractivity contribution in [2.24, 2.45) is 0 Å². The molecule has 1 aliphatic rings. The summed E-state index contributed by atoms with van der Waals surface area (Å²) in [5, 5.41) is 1.61. The number of carbonyl (C=O) groups is 2. The van der Waals surface area contributed by atoms with Crippen molar-refractivity contribution in [1.82, 2.24) is 5.06 Å². The first-order chi connectivity index (χ1) is 11.7. The van der Waals surface area contributed by atoms with Gasteiger partial charge in [0.2, 0.25) is 0 Å². The van der Waals surface area contributed by atoms with Crippen LogP contribution < -0.4 is 0 Å². The van der Waals surface area contributed by atoms with E-state index in [0.29, 0.717) is 5.39 Å². The van der Waals surface area contributed by atoms with Crippen LogP contribution in [0.4, 0.5) is 13.2 Å². The quantitative estimate of drug-likeness (QED) is 0.418. The predicted molar refractivity (Wildman–Crippen MR) is 90.2 cm³/mol. The number of hydroxylamine groups is 2. The lowest BCUT2D eigenvalue weighted by Crippen LogP contribution is -2.39. The van der Waals surface area contributed by atoms with Crippen molar-refractivity contribution in [2.75, 3.05) is 0 Å². The molecule has 1 aliphatic heterocycles. The molecule has 0 spiro atoms. The van der Waals surface area contributed by atoms with Crippen molar-refractivity contribution in [3.8, 4) is 0 Å². The molecule has 0 atom stereocenters. The highest BCUT2D eigenvalue weighted by Crippen LogP contribution is 2.39. The van der Waals surface area contributed by atoms with Gasteiger partial charge in [-0.25, -0.2) is 0 Å². The maximum atomic E-state index is 12.5. The normalized spacial score (nSPS) is 14.7. The van der Waals surface area contributed by atoms with Gasteiger partial charge in [0.15, 0.2) is 0 Å². The Kier molecular flexibility index (Phi) is 4.74. The second-order valence-corrected chi connectivity index (χ2v) is 7.91. The highest BCUT2D eigenvalue weighted by atomic mass is 32.2. The molecule has 2 amide bonds. The van der Waals surface area contributed by atoms with Gasteiger partial charge in [0.1, 0.15) is 12.0 Å². The fourth-order valence-electron chi connectivity index (χ4n) is 2.55. The van der Waals surface area contributed by atoms with Crippen molar-refractivity contribution < 1.29 is 27.0 Å². The topological polar surface area (TPSA) is 46.6 Å². The first kappa shape index (κ1) is 18.1. The molecule has 2 aromatic carbocycles. The molecule has 4 nitrogen and oxygen atoms in total. The van der Waals surface area contributed by atoms with Crippen molar-refractivity contribution in [1.29, 1.82) is 0 Å². The molecule has 9 heteroatoms. The average Bonchev–Trinajstić information content (AvgIpc) is 2.52. The van der Waals surface area contributed by atoms with E-state index in [1.807, 2.05) is 13.8 Å². The van der Waals surface area contributed by atoms with E-state index in [4.69, 9.17) is 0 Å². The van der Waals surface area contributed by atoms with Crippen LogP contribution in [-0.4, -0.2) is 27.6 Å². The van der Waals surface area contributed by atoms with E-state index in [1.165, 1.54) is 12.1 Å². The molecule has 0 aliphatic carbocycles. The zero-order valence-electron chi connectivity index (χ0n) is 13.1. The molecule has 132 valence electrons. The third kappa shape index (κ3) is 3.49. The summed E-state index contributed by atoms with van der Waals surface area (Å²) >= 11 is 0.680. The number of alkyl halides is 3. The minimum atomic E-state index is -4.73. The molecule has 25 heavy (non-hydrogen) atoms. The summed E-state index contributed by atoms with van der Waals surface area (Å²) in [5.41, 5.74) is -4.45. The second kappa shape index (κ2) is 6.54. The first-order valence-corrected chi connectivity index (χ1v) is 8.85. The minimum Gasteiger partial charge on any atom is -0.266 e. The van der Waals surface area contributed by atoms with Crippen LogP contribution in [0.25, 0.3) is 10.8 Å². The Bertz CT molecular complexity index is 845. The van der Waals surface area contributed by atoms with Gasteiger partial charge in [0, 0.05) is 15.5 Å². The number of benzene rings is 2. The monoisotopic (exact) mass is 387 g/mol. The molecular formula is C16H12F3NO3S2. The molecule has 2 aromatic rings. The lowest BCUT2D eigenvalue weighted by Gasteiger charge is -2.26. The Morgan fingerprint density at radius 1 is 1.04 bits per heavy atom. The number of rotatable bonds is 4. The van der Waals surface area contributed by atoms with E-state index in [0.717, 1.165) is 10.3 Å². The van der Waals surface area contributed by atoms with Gasteiger partial charge < -0.3 is 0 Å². The summed E-state index contributed by atoms with van der Waals surface area (Å²) in [5.74, 6) is -1.82. The number of halogens is 3. The number of thioether (sulfide) groups is 1. The summed E-state index contributed by atoms with van der Waals surface area (Å²) in [6, 6.07) is 8.14. The Labute approximate surface area is 149 Å². The third-order valence-electron chi connectivity index (χ3n) is 3.40. The minimum absolute atomic E-state index is 0.140. The van der Waals surface area contributed by atoms with Crippen LogP contribution in [0.3, 0.4) is 0 Å². The smallest absolute Gasteiger partial charge is 0.266 e. The van der Waals surface area contributed by atoms with Gasteiger partial charge in [-0.05, 0) is 23.6 Å². The molecule has 0 fully saturated rings. The summed E-state index contributed by atoms with van der Waals surface area (Å²) in [4.78, 5) is 25.8. The van der Waals surface area contributed by atoms with E-state index in [9.17, 15) is 22.8 Å². The number of hydrogen-bond donors (Lipinski definition) is 0. The molecule has 0 aromatic heterocycles. The summed E-state index contributed by atoms with van der Waals surface area (Å²) in [6.07, 6.45) is 0. The van der Waals surface area contributed by atoms with Crippen LogP contribution in [0, 0.1) is 0 Å². The molecule has 3 rings (SSSR count). The fourth-order valence-corrected chi connectivity index (χ4v) is 3.80. The van der Waals surface area contributed by atoms with Crippen LogP contribution in [0.15, 0.2) is 35.2 Å². The molecule has 0 saturated carbocycles. The lowest BCUT2D eigenvalue weighted by molar-refractivity contribution is -0.0570. The third-order valence-corrected chi connectivity index (χ3v) is 4.89. The lowest BCUT2D eigenvalue weighted by atomic mass is 9.95. The first-order valence-electron chi connectivity index (χ1n) is 7.23. The van der Waals surface area contributed by atoms with Crippen molar-refractivity contribution >= 4 is 46.4 Å². The molecule has 1 heterocycles. The zero-order valence-corrected chi connectivity index (χ0v) is 14.7. The highest BCUT2D eigenvalue weighted by molar-refractivity contribution is 8.00. The van der Waals surface area contributed by atoms with Crippen LogP contribution in [0.2, 0.25) is 0 Å². The number of carbonyl (C=O) groups excluding carboxylic acids is 2. The van der Waals surface area contributed by atoms with Gasteiger partial charge in [-0.3, -0.25) is 9.59 Å². The maximum absolute atomic E-state index is 12.5. The van der Waals surface area contributed by atoms with Crippen molar-refractivity contribution in [2.45, 2.75) is 29.5 Å². The predicted octanol–water partition coefficient (Wildman–Crippen LogP) is 5.04. The van der Waals surface area contributed by atoms with Gasteiger partial charge in [-0.2, -0.15) is 17.5 Å². The standard InChI is InChI=1S/C16H12F3NO3S2/c1-8(2)24-12-7-6-11-13-9(12)4-3-5-10(13)14(21)20(15(11)22)23-25-16(17,18)19/h3-8H,1-2H3. The molecule has 0 N–H and O–H groups in total. The van der Waals surface area contributed by atoms with Crippen LogP contribution in [-0.2, 0) is 4.28 Å². The highest BCUT2D eigenvalue weighted by Gasteiger charge is 2.39. The van der Waals surface area contributed by atoms with Gasteiger partial charge in [-0.15, -0.1) is 16.8 Å². The number of hydrogen-bond acceptors (Lipinski definition) is 5. The van der Waals surface area contributed by atoms with Crippen molar-refractivity contribution in [3.05, 3.63) is 41.5 Å². The second-order valence-electron chi connectivity index (χ2n) is 5.51. The summed E-state index contributed by atoms with van der Waals surface area (Å²) < 4.78 is 41.4. The molecule has 0 radical (unpaired) electrons. The molecule has 0 unspecified atom stereocenters. The number of nitrogens with zero attached hydrogens (tertiary/aromatic N) is 1. The van der Waals surface area contributed by atoms with Gasteiger partial charge >= 0.3 is 5.51 Å². The Morgan fingerprint density at radius 2 is 1.68 bits per heavy atom. The van der Waals surface area contributed by atoms with Gasteiger partial charge in [0.25, 0.3) is 11.8 Å². The summed E-state index contributed by atoms with van der Waals surface area (Å²) in [7, 11) is 0. The zero-order chi connectivity index (χ0) is 18.4. The maximum Gasteiger partial charge on any atom is 0.470 e.